The molecule has 0 radical (unpaired) electrons. The second-order valence-electron chi connectivity index (χ2n) is 4.41. The fourth-order valence-corrected chi connectivity index (χ4v) is 2.14. The normalized spacial score (nSPS) is 11.6. The van der Waals surface area contributed by atoms with Crippen LogP contribution < -0.4 is 15.0 Å². The van der Waals surface area contributed by atoms with Crippen LogP contribution in [0.3, 0.4) is 0 Å². The van der Waals surface area contributed by atoms with Crippen molar-refractivity contribution in [1.82, 2.24) is 0 Å². The summed E-state index contributed by atoms with van der Waals surface area (Å²) in [6.45, 7) is 10.0. The number of aromatic nitrogens is 1. The molecule has 0 fully saturated rings. The van der Waals surface area contributed by atoms with Gasteiger partial charge in [0.05, 0.1) is 0 Å². The van der Waals surface area contributed by atoms with Crippen molar-refractivity contribution in [2.24, 2.45) is 7.05 Å². The van der Waals surface area contributed by atoms with Crippen molar-refractivity contribution in [3.63, 3.8) is 0 Å². The molecule has 0 spiro atoms. The number of hydrogen-bond donors (Lipinski definition) is 0. The van der Waals surface area contributed by atoms with Gasteiger partial charge in [-0.15, -0.1) is 0 Å². The van der Waals surface area contributed by atoms with Gasteiger partial charge in [0, 0.05) is 17.7 Å². The molecule has 0 saturated carbocycles. The fraction of sp³-hybridized carbons (Fsp3) is 0.118. The van der Waals surface area contributed by atoms with Crippen LogP contribution in [0.2, 0.25) is 0 Å². The van der Waals surface area contributed by atoms with E-state index in [9.17, 15) is 0 Å². The lowest BCUT2D eigenvalue weighted by molar-refractivity contribution is -0.660. The first kappa shape index (κ1) is 12.3. The van der Waals surface area contributed by atoms with Crippen LogP contribution in [-0.2, 0) is 7.05 Å². The quantitative estimate of drug-likeness (QED) is 0.701. The van der Waals surface area contributed by atoms with Crippen molar-refractivity contribution in [2.75, 3.05) is 0 Å². The molecular weight excluding hydrogens is 218 g/mol. The minimum Gasteiger partial charge on any atom is -0.201 e. The third-order valence-corrected chi connectivity index (χ3v) is 3.26. The summed E-state index contributed by atoms with van der Waals surface area (Å²) in [5.41, 5.74) is 3.64. The zero-order valence-electron chi connectivity index (χ0n) is 11.0. The number of hydrogen-bond acceptors (Lipinski definition) is 0. The molecule has 0 unspecified atom stereocenters. The number of allylic oxidation sites excluding steroid dienone is 1. The summed E-state index contributed by atoms with van der Waals surface area (Å²) in [6.07, 6.45) is 5.84. The van der Waals surface area contributed by atoms with E-state index in [0.717, 1.165) is 10.4 Å². The predicted molar refractivity (Wildman–Crippen MR) is 77.2 cm³/mol. The second-order valence-corrected chi connectivity index (χ2v) is 4.41. The summed E-state index contributed by atoms with van der Waals surface area (Å²) in [4.78, 5) is 0. The molecule has 0 bridgehead atoms. The molecule has 1 aromatic carbocycles. The molecule has 0 aliphatic heterocycles. The Morgan fingerprint density at radius 3 is 2.61 bits per heavy atom. The first-order chi connectivity index (χ1) is 8.65. The predicted octanol–water partition coefficient (Wildman–Crippen LogP) is 1.86. The number of aryl methyl sites for hydroxylation is 1. The third kappa shape index (κ3) is 2.12. The maximum absolute atomic E-state index is 4.17. The SMILES string of the molecule is C=CC=c1ccc(-c2cccc[n+]2C)c(C)c1=C. The molecular formula is C17H18N+. The molecule has 0 atom stereocenters. The van der Waals surface area contributed by atoms with E-state index >= 15 is 0 Å². The van der Waals surface area contributed by atoms with Gasteiger partial charge in [-0.3, -0.25) is 0 Å². The molecule has 0 aliphatic rings. The van der Waals surface area contributed by atoms with Crippen molar-refractivity contribution in [2.45, 2.75) is 6.92 Å². The summed E-state index contributed by atoms with van der Waals surface area (Å²) in [5, 5.41) is 2.20. The summed E-state index contributed by atoms with van der Waals surface area (Å²) in [6, 6.07) is 10.5. The summed E-state index contributed by atoms with van der Waals surface area (Å²) in [7, 11) is 2.06. The first-order valence-electron chi connectivity index (χ1n) is 6.01. The lowest BCUT2D eigenvalue weighted by Crippen LogP contribution is -2.32. The Labute approximate surface area is 108 Å². The van der Waals surface area contributed by atoms with E-state index in [1.54, 1.807) is 6.08 Å². The summed E-state index contributed by atoms with van der Waals surface area (Å²) < 4.78 is 2.12. The van der Waals surface area contributed by atoms with Crippen molar-refractivity contribution in [3.05, 3.63) is 65.2 Å². The Bertz CT molecular complexity index is 696. The van der Waals surface area contributed by atoms with E-state index in [0.29, 0.717) is 0 Å². The monoisotopic (exact) mass is 236 g/mol. The van der Waals surface area contributed by atoms with Gasteiger partial charge in [0.25, 0.3) is 0 Å². The van der Waals surface area contributed by atoms with Crippen molar-refractivity contribution in [1.29, 1.82) is 0 Å². The highest BCUT2D eigenvalue weighted by atomic mass is 14.9. The molecule has 0 aliphatic carbocycles. The fourth-order valence-electron chi connectivity index (χ4n) is 2.14. The van der Waals surface area contributed by atoms with E-state index in [-0.39, 0.29) is 0 Å². The Balaban J connectivity index is 2.73. The Morgan fingerprint density at radius 1 is 1.17 bits per heavy atom. The van der Waals surface area contributed by atoms with Gasteiger partial charge >= 0.3 is 0 Å². The Kier molecular flexibility index (Phi) is 3.42. The molecule has 18 heavy (non-hydrogen) atoms. The molecule has 2 rings (SSSR count). The van der Waals surface area contributed by atoms with E-state index in [4.69, 9.17) is 0 Å². The highest BCUT2D eigenvalue weighted by Gasteiger charge is 2.11. The highest BCUT2D eigenvalue weighted by molar-refractivity contribution is 5.62. The topological polar surface area (TPSA) is 3.88 Å². The maximum Gasteiger partial charge on any atom is 0.212 e. The van der Waals surface area contributed by atoms with Crippen LogP contribution in [0.4, 0.5) is 0 Å². The van der Waals surface area contributed by atoms with E-state index in [1.165, 1.54) is 16.8 Å². The molecule has 1 nitrogen and oxygen atoms in total. The third-order valence-electron chi connectivity index (χ3n) is 3.26. The van der Waals surface area contributed by atoms with Crippen molar-refractivity contribution >= 4 is 12.7 Å². The lowest BCUT2D eigenvalue weighted by atomic mass is 10.0. The Hall–Kier alpha value is -2.15. The molecule has 90 valence electrons. The van der Waals surface area contributed by atoms with Gasteiger partial charge in [0.1, 0.15) is 7.05 Å². The molecule has 0 saturated heterocycles. The standard InChI is InChI=1S/C17H18N/c1-5-8-15-10-11-16(14(3)13(15)2)17-9-6-7-12-18(17)4/h5-12H,1-2H2,3-4H3/q+1. The highest BCUT2D eigenvalue weighted by Crippen LogP contribution is 2.15. The van der Waals surface area contributed by atoms with Gasteiger partial charge in [-0.1, -0.05) is 31.4 Å². The van der Waals surface area contributed by atoms with Crippen LogP contribution in [0.5, 0.6) is 0 Å². The number of benzene rings is 1. The maximum atomic E-state index is 4.17. The van der Waals surface area contributed by atoms with Crippen LogP contribution in [0.15, 0.2) is 49.2 Å². The molecule has 1 heterocycles. The van der Waals surface area contributed by atoms with Crippen molar-refractivity contribution in [3.8, 4) is 11.3 Å². The molecule has 0 N–H and O–H groups in total. The van der Waals surface area contributed by atoms with Gasteiger partial charge in [-0.2, -0.15) is 0 Å². The van der Waals surface area contributed by atoms with Crippen LogP contribution in [0.1, 0.15) is 5.56 Å². The van der Waals surface area contributed by atoms with E-state index in [2.05, 4.69) is 62.2 Å². The van der Waals surface area contributed by atoms with Gasteiger partial charge in [-0.25, -0.2) is 4.57 Å². The average Bonchev–Trinajstić information content (AvgIpc) is 2.37. The number of nitrogens with zero attached hydrogens (tertiary/aromatic N) is 1. The minimum atomic E-state index is 1.07. The molecule has 2 aromatic rings. The molecule has 1 aromatic heterocycles. The molecule has 1 heteroatoms. The number of rotatable bonds is 2. The van der Waals surface area contributed by atoms with Crippen LogP contribution in [0, 0.1) is 6.92 Å². The van der Waals surface area contributed by atoms with Gasteiger partial charge in [0.15, 0.2) is 6.20 Å². The van der Waals surface area contributed by atoms with Crippen LogP contribution in [-0.4, -0.2) is 0 Å². The minimum absolute atomic E-state index is 1.07. The summed E-state index contributed by atoms with van der Waals surface area (Å²) in [5.74, 6) is 0. The van der Waals surface area contributed by atoms with E-state index in [1.807, 2.05) is 12.1 Å². The smallest absolute Gasteiger partial charge is 0.201 e. The van der Waals surface area contributed by atoms with E-state index < -0.39 is 0 Å². The van der Waals surface area contributed by atoms with Crippen LogP contribution in [0.25, 0.3) is 23.9 Å². The summed E-state index contributed by atoms with van der Waals surface area (Å²) >= 11 is 0. The largest absolute Gasteiger partial charge is 0.212 e. The van der Waals surface area contributed by atoms with Crippen LogP contribution >= 0.6 is 0 Å². The van der Waals surface area contributed by atoms with Gasteiger partial charge < -0.3 is 0 Å². The Morgan fingerprint density at radius 2 is 1.94 bits per heavy atom. The number of pyridine rings is 1. The van der Waals surface area contributed by atoms with Gasteiger partial charge in [-0.05, 0) is 35.1 Å². The second kappa shape index (κ2) is 5.01. The van der Waals surface area contributed by atoms with Crippen molar-refractivity contribution < 1.29 is 4.57 Å². The average molecular weight is 236 g/mol. The zero-order chi connectivity index (χ0) is 13.1. The molecule has 0 amide bonds. The first-order valence-corrected chi connectivity index (χ1v) is 6.01. The lowest BCUT2D eigenvalue weighted by Gasteiger charge is -2.05. The van der Waals surface area contributed by atoms with Gasteiger partial charge in [0.2, 0.25) is 5.69 Å². The zero-order valence-corrected chi connectivity index (χ0v) is 11.0.